The summed E-state index contributed by atoms with van der Waals surface area (Å²) in [5.41, 5.74) is 0. The van der Waals surface area contributed by atoms with Crippen molar-refractivity contribution in [1.29, 1.82) is 0 Å². The third-order valence-corrected chi connectivity index (χ3v) is 1.40. The molecule has 2 nitrogen and oxygen atoms in total. The number of carbonyl (C=O) groups is 1. The first-order valence-electron chi connectivity index (χ1n) is 3.79. The van der Waals surface area contributed by atoms with Crippen molar-refractivity contribution in [1.82, 2.24) is 4.90 Å². The molecule has 0 bridgehead atoms. The lowest BCUT2D eigenvalue weighted by molar-refractivity contribution is -0.185. The third kappa shape index (κ3) is 3.11. The summed E-state index contributed by atoms with van der Waals surface area (Å²) in [6, 6.07) is 0. The van der Waals surface area contributed by atoms with Crippen molar-refractivity contribution < 1.29 is 18.0 Å². The zero-order chi connectivity index (χ0) is 9.78. The zero-order valence-corrected chi connectivity index (χ0v) is 7.11. The maximum Gasteiger partial charge on any atom is 0.471 e. The summed E-state index contributed by atoms with van der Waals surface area (Å²) in [4.78, 5) is 11.4. The second kappa shape index (κ2) is 4.33. The second-order valence-corrected chi connectivity index (χ2v) is 2.38. The molecule has 0 aromatic heterocycles. The van der Waals surface area contributed by atoms with E-state index in [-0.39, 0.29) is 13.1 Å². The van der Waals surface area contributed by atoms with Crippen LogP contribution in [0.1, 0.15) is 20.3 Å². The Bertz CT molecular complexity index is 155. The quantitative estimate of drug-likeness (QED) is 0.653. The van der Waals surface area contributed by atoms with Gasteiger partial charge in [-0.25, -0.2) is 0 Å². The molecule has 0 aromatic rings. The van der Waals surface area contributed by atoms with Gasteiger partial charge in [0.1, 0.15) is 0 Å². The molecule has 72 valence electrons. The van der Waals surface area contributed by atoms with Crippen molar-refractivity contribution >= 4 is 5.91 Å². The Morgan fingerprint density at radius 2 is 1.83 bits per heavy atom. The molecule has 0 heterocycles. The predicted octanol–water partition coefficient (Wildman–Crippen LogP) is 1.81. The first-order chi connectivity index (χ1) is 5.43. The molecule has 1 amide bonds. The Balaban J connectivity index is 4.22. The van der Waals surface area contributed by atoms with Crippen molar-refractivity contribution in [3.05, 3.63) is 0 Å². The van der Waals surface area contributed by atoms with Gasteiger partial charge in [0.2, 0.25) is 0 Å². The van der Waals surface area contributed by atoms with Gasteiger partial charge < -0.3 is 4.90 Å². The molecule has 0 aliphatic rings. The van der Waals surface area contributed by atoms with Crippen LogP contribution in [0.2, 0.25) is 0 Å². The number of nitrogens with zero attached hydrogens (tertiary/aromatic N) is 1. The van der Waals surface area contributed by atoms with Gasteiger partial charge in [-0.3, -0.25) is 4.79 Å². The molecule has 0 radical (unpaired) electrons. The van der Waals surface area contributed by atoms with E-state index in [0.29, 0.717) is 6.42 Å². The molecular formula is C7H12F3NO. The fourth-order valence-electron chi connectivity index (χ4n) is 0.852. The fraction of sp³-hybridized carbons (Fsp3) is 0.857. The van der Waals surface area contributed by atoms with E-state index in [4.69, 9.17) is 0 Å². The molecule has 0 aromatic carbocycles. The van der Waals surface area contributed by atoms with Gasteiger partial charge in [0.05, 0.1) is 0 Å². The summed E-state index contributed by atoms with van der Waals surface area (Å²) in [6.45, 7) is 3.52. The highest BCUT2D eigenvalue weighted by Crippen LogP contribution is 2.18. The number of halogens is 3. The Morgan fingerprint density at radius 3 is 2.08 bits per heavy atom. The van der Waals surface area contributed by atoms with Crippen LogP contribution in [0.3, 0.4) is 0 Å². The van der Waals surface area contributed by atoms with Crippen LogP contribution in [0.15, 0.2) is 0 Å². The lowest BCUT2D eigenvalue weighted by Gasteiger charge is -2.20. The van der Waals surface area contributed by atoms with E-state index in [0.717, 1.165) is 4.90 Å². The number of rotatable bonds is 3. The van der Waals surface area contributed by atoms with Crippen LogP contribution in [0.4, 0.5) is 13.2 Å². The summed E-state index contributed by atoms with van der Waals surface area (Å²) in [5, 5.41) is 0. The van der Waals surface area contributed by atoms with Gasteiger partial charge >= 0.3 is 12.1 Å². The summed E-state index contributed by atoms with van der Waals surface area (Å²) in [6.07, 6.45) is -4.19. The minimum absolute atomic E-state index is 0.103. The molecule has 0 N–H and O–H groups in total. The van der Waals surface area contributed by atoms with Crippen LogP contribution in [0.25, 0.3) is 0 Å². The molecule has 0 rings (SSSR count). The zero-order valence-electron chi connectivity index (χ0n) is 7.11. The van der Waals surface area contributed by atoms with Gasteiger partial charge in [-0.2, -0.15) is 13.2 Å². The summed E-state index contributed by atoms with van der Waals surface area (Å²) < 4.78 is 35.5. The van der Waals surface area contributed by atoms with Crippen LogP contribution in [-0.2, 0) is 4.79 Å². The molecule has 0 atom stereocenters. The highest BCUT2D eigenvalue weighted by molar-refractivity contribution is 5.81. The van der Waals surface area contributed by atoms with E-state index in [1.54, 1.807) is 6.92 Å². The van der Waals surface area contributed by atoms with Crippen molar-refractivity contribution in [3.63, 3.8) is 0 Å². The largest absolute Gasteiger partial charge is 0.471 e. The minimum atomic E-state index is -4.73. The normalized spacial score (nSPS) is 11.4. The maximum atomic E-state index is 11.8. The number of hydrogen-bond acceptors (Lipinski definition) is 1. The van der Waals surface area contributed by atoms with E-state index in [1.807, 2.05) is 0 Å². The Kier molecular flexibility index (Phi) is 4.06. The van der Waals surface area contributed by atoms with Gasteiger partial charge in [0, 0.05) is 13.1 Å². The SMILES string of the molecule is CCCN(CC)C(=O)C(F)(F)F. The molecule has 0 aliphatic carbocycles. The highest BCUT2D eigenvalue weighted by Gasteiger charge is 2.41. The van der Waals surface area contributed by atoms with Crippen LogP contribution in [0.5, 0.6) is 0 Å². The van der Waals surface area contributed by atoms with Gasteiger partial charge in [0.15, 0.2) is 0 Å². The van der Waals surface area contributed by atoms with E-state index in [2.05, 4.69) is 0 Å². The average Bonchev–Trinajstić information content (AvgIpc) is 1.97. The van der Waals surface area contributed by atoms with Crippen LogP contribution >= 0.6 is 0 Å². The molecule has 0 unspecified atom stereocenters. The van der Waals surface area contributed by atoms with E-state index < -0.39 is 12.1 Å². The lowest BCUT2D eigenvalue weighted by Crippen LogP contribution is -2.41. The molecule has 0 fully saturated rings. The standard InChI is InChI=1S/C7H12F3NO/c1-3-5-11(4-2)6(12)7(8,9)10/h3-5H2,1-2H3. The fourth-order valence-corrected chi connectivity index (χ4v) is 0.852. The second-order valence-electron chi connectivity index (χ2n) is 2.38. The first kappa shape index (κ1) is 11.3. The highest BCUT2D eigenvalue weighted by atomic mass is 19.4. The van der Waals surface area contributed by atoms with Crippen LogP contribution < -0.4 is 0 Å². The summed E-state index contributed by atoms with van der Waals surface area (Å²) >= 11 is 0. The number of carbonyl (C=O) groups excluding carboxylic acids is 1. The molecule has 0 aliphatic heterocycles. The Hall–Kier alpha value is -0.740. The number of hydrogen-bond donors (Lipinski definition) is 0. The van der Waals surface area contributed by atoms with Gasteiger partial charge in [-0.15, -0.1) is 0 Å². The van der Waals surface area contributed by atoms with E-state index in [9.17, 15) is 18.0 Å². The molecule has 0 spiro atoms. The average molecular weight is 183 g/mol. The van der Waals surface area contributed by atoms with Crippen LogP contribution in [0, 0.1) is 0 Å². The Morgan fingerprint density at radius 1 is 1.33 bits per heavy atom. The number of amides is 1. The molecule has 5 heteroatoms. The maximum absolute atomic E-state index is 11.8. The molecule has 0 saturated heterocycles. The predicted molar refractivity (Wildman–Crippen MR) is 38.6 cm³/mol. The minimum Gasteiger partial charge on any atom is -0.335 e. The van der Waals surface area contributed by atoms with E-state index >= 15 is 0 Å². The molecular weight excluding hydrogens is 171 g/mol. The topological polar surface area (TPSA) is 20.3 Å². The summed E-state index contributed by atoms with van der Waals surface area (Å²) in [7, 11) is 0. The monoisotopic (exact) mass is 183 g/mol. The Labute approximate surface area is 69.3 Å². The first-order valence-corrected chi connectivity index (χ1v) is 3.79. The van der Waals surface area contributed by atoms with Crippen molar-refractivity contribution in [2.24, 2.45) is 0 Å². The van der Waals surface area contributed by atoms with Gasteiger partial charge in [0.25, 0.3) is 0 Å². The van der Waals surface area contributed by atoms with E-state index in [1.165, 1.54) is 6.92 Å². The molecule has 12 heavy (non-hydrogen) atoms. The van der Waals surface area contributed by atoms with Crippen LogP contribution in [-0.4, -0.2) is 30.1 Å². The molecule has 0 saturated carbocycles. The summed E-state index contributed by atoms with van der Waals surface area (Å²) in [5.74, 6) is -1.74. The van der Waals surface area contributed by atoms with Crippen molar-refractivity contribution in [2.75, 3.05) is 13.1 Å². The van der Waals surface area contributed by atoms with Crippen molar-refractivity contribution in [2.45, 2.75) is 26.4 Å². The number of alkyl halides is 3. The van der Waals surface area contributed by atoms with Crippen molar-refractivity contribution in [3.8, 4) is 0 Å². The third-order valence-electron chi connectivity index (χ3n) is 1.40. The smallest absolute Gasteiger partial charge is 0.335 e. The van der Waals surface area contributed by atoms with Gasteiger partial charge in [-0.05, 0) is 13.3 Å². The lowest BCUT2D eigenvalue weighted by atomic mass is 10.4. The van der Waals surface area contributed by atoms with Gasteiger partial charge in [-0.1, -0.05) is 6.92 Å².